The lowest BCUT2D eigenvalue weighted by atomic mass is 9.88. The molecule has 16 heavy (non-hydrogen) atoms. The lowest BCUT2D eigenvalue weighted by Gasteiger charge is -2.29. The number of aliphatic hydroxyl groups excluding tert-OH is 1. The molecule has 0 aromatic rings. The molecule has 1 aliphatic heterocycles. The van der Waals surface area contributed by atoms with Gasteiger partial charge in [-0.05, 0) is 25.2 Å². The van der Waals surface area contributed by atoms with Crippen LogP contribution in [-0.4, -0.2) is 35.9 Å². The minimum absolute atomic E-state index is 0.0841. The van der Waals surface area contributed by atoms with Crippen molar-refractivity contribution in [2.75, 3.05) is 6.54 Å². The Balaban J connectivity index is 1.82. The third kappa shape index (κ3) is 2.74. The van der Waals surface area contributed by atoms with Gasteiger partial charge in [-0.3, -0.25) is 4.79 Å². The van der Waals surface area contributed by atoms with Crippen LogP contribution in [-0.2, 0) is 9.53 Å². The smallest absolute Gasteiger partial charge is 0.323 e. The highest BCUT2D eigenvalue weighted by atomic mass is 16.5. The maximum Gasteiger partial charge on any atom is 0.323 e. The molecule has 2 fully saturated rings. The van der Waals surface area contributed by atoms with E-state index in [1.54, 1.807) is 0 Å². The highest BCUT2D eigenvalue weighted by molar-refractivity contribution is 5.76. The summed E-state index contributed by atoms with van der Waals surface area (Å²) in [5, 5.41) is 12.3. The Hall–Kier alpha value is -0.610. The van der Waals surface area contributed by atoms with Gasteiger partial charge in [0, 0.05) is 13.0 Å². The van der Waals surface area contributed by atoms with Crippen LogP contribution in [0.15, 0.2) is 0 Å². The van der Waals surface area contributed by atoms with Crippen LogP contribution in [0.1, 0.15) is 39.0 Å². The lowest BCUT2D eigenvalue weighted by Crippen LogP contribution is -2.37. The van der Waals surface area contributed by atoms with Crippen molar-refractivity contribution in [2.24, 2.45) is 5.92 Å². The van der Waals surface area contributed by atoms with Crippen molar-refractivity contribution >= 4 is 5.97 Å². The SMILES string of the molecule is CC1CCCCC1OC(=O)[C@H]1C[C@@H](O)CN1. The Labute approximate surface area is 96.4 Å². The predicted molar refractivity (Wildman–Crippen MR) is 59.9 cm³/mol. The maximum absolute atomic E-state index is 11.8. The van der Waals surface area contributed by atoms with Crippen LogP contribution in [0.25, 0.3) is 0 Å². The fraction of sp³-hybridized carbons (Fsp3) is 0.917. The van der Waals surface area contributed by atoms with E-state index in [1.165, 1.54) is 6.42 Å². The third-order valence-corrected chi connectivity index (χ3v) is 3.69. The second kappa shape index (κ2) is 5.15. The summed E-state index contributed by atoms with van der Waals surface area (Å²) < 4.78 is 5.52. The maximum atomic E-state index is 11.8. The molecule has 0 aromatic carbocycles. The first-order valence-corrected chi connectivity index (χ1v) is 6.28. The summed E-state index contributed by atoms with van der Waals surface area (Å²) in [7, 11) is 0. The molecule has 4 atom stereocenters. The van der Waals surface area contributed by atoms with E-state index < -0.39 is 6.10 Å². The largest absolute Gasteiger partial charge is 0.461 e. The van der Waals surface area contributed by atoms with Gasteiger partial charge in [0.05, 0.1) is 6.10 Å². The van der Waals surface area contributed by atoms with Crippen molar-refractivity contribution in [1.29, 1.82) is 0 Å². The summed E-state index contributed by atoms with van der Waals surface area (Å²) in [6.45, 7) is 2.65. The van der Waals surface area contributed by atoms with Gasteiger partial charge < -0.3 is 15.2 Å². The molecule has 2 N–H and O–H groups in total. The van der Waals surface area contributed by atoms with E-state index in [-0.39, 0.29) is 18.1 Å². The minimum Gasteiger partial charge on any atom is -0.461 e. The standard InChI is InChI=1S/C12H21NO3/c1-8-4-2-3-5-11(8)16-12(15)10-6-9(14)7-13-10/h8-11,13-14H,2-7H2,1H3/t8?,9-,10-,11?/m1/s1. The van der Waals surface area contributed by atoms with E-state index in [4.69, 9.17) is 4.74 Å². The molecule has 2 unspecified atom stereocenters. The Morgan fingerprint density at radius 1 is 1.38 bits per heavy atom. The van der Waals surface area contributed by atoms with Gasteiger partial charge in [0.1, 0.15) is 12.1 Å². The number of carbonyl (C=O) groups excluding carboxylic acids is 1. The second-order valence-electron chi connectivity index (χ2n) is 5.09. The van der Waals surface area contributed by atoms with Gasteiger partial charge in [-0.2, -0.15) is 0 Å². The Bertz CT molecular complexity index is 257. The number of hydrogen-bond donors (Lipinski definition) is 2. The number of esters is 1. The molecule has 1 aliphatic carbocycles. The van der Waals surface area contributed by atoms with Gasteiger partial charge in [-0.15, -0.1) is 0 Å². The molecule has 2 aliphatic rings. The van der Waals surface area contributed by atoms with Gasteiger partial charge in [0.25, 0.3) is 0 Å². The van der Waals surface area contributed by atoms with Gasteiger partial charge in [0.2, 0.25) is 0 Å². The Morgan fingerprint density at radius 3 is 2.75 bits per heavy atom. The molecule has 0 radical (unpaired) electrons. The lowest BCUT2D eigenvalue weighted by molar-refractivity contribution is -0.155. The fourth-order valence-electron chi connectivity index (χ4n) is 2.59. The molecule has 0 aromatic heterocycles. The molecule has 4 heteroatoms. The van der Waals surface area contributed by atoms with Gasteiger partial charge in [0.15, 0.2) is 0 Å². The quantitative estimate of drug-likeness (QED) is 0.686. The molecular formula is C12H21NO3. The molecule has 2 rings (SSSR count). The van der Waals surface area contributed by atoms with E-state index in [0.717, 1.165) is 19.3 Å². The highest BCUT2D eigenvalue weighted by Gasteiger charge is 2.32. The summed E-state index contributed by atoms with van der Waals surface area (Å²) >= 11 is 0. The minimum atomic E-state index is -0.402. The summed E-state index contributed by atoms with van der Waals surface area (Å²) in [4.78, 5) is 11.8. The molecule has 0 bridgehead atoms. The fourth-order valence-corrected chi connectivity index (χ4v) is 2.59. The first kappa shape index (κ1) is 11.9. The van der Waals surface area contributed by atoms with Crippen LogP contribution >= 0.6 is 0 Å². The first-order chi connectivity index (χ1) is 7.66. The van der Waals surface area contributed by atoms with Crippen LogP contribution in [0.3, 0.4) is 0 Å². The summed E-state index contributed by atoms with van der Waals surface area (Å²) in [6.07, 6.45) is 4.71. The highest BCUT2D eigenvalue weighted by Crippen LogP contribution is 2.27. The average molecular weight is 227 g/mol. The normalized spacial score (nSPS) is 39.6. The number of carbonyl (C=O) groups is 1. The topological polar surface area (TPSA) is 58.6 Å². The molecule has 92 valence electrons. The van der Waals surface area contributed by atoms with E-state index in [0.29, 0.717) is 18.9 Å². The monoisotopic (exact) mass is 227 g/mol. The molecule has 4 nitrogen and oxygen atoms in total. The van der Waals surface area contributed by atoms with Crippen LogP contribution in [0.5, 0.6) is 0 Å². The summed E-state index contributed by atoms with van der Waals surface area (Å²) in [5.74, 6) is 0.291. The zero-order valence-corrected chi connectivity index (χ0v) is 9.82. The van der Waals surface area contributed by atoms with E-state index >= 15 is 0 Å². The summed E-state index contributed by atoms with van der Waals surface area (Å²) in [6, 6.07) is -0.302. The number of rotatable bonds is 2. The second-order valence-corrected chi connectivity index (χ2v) is 5.09. The van der Waals surface area contributed by atoms with E-state index in [2.05, 4.69) is 12.2 Å². The molecule has 0 spiro atoms. The van der Waals surface area contributed by atoms with Crippen molar-refractivity contribution in [2.45, 2.75) is 57.3 Å². The van der Waals surface area contributed by atoms with Crippen LogP contribution in [0, 0.1) is 5.92 Å². The predicted octanol–water partition coefficient (Wildman–Crippen LogP) is 0.831. The van der Waals surface area contributed by atoms with E-state index in [9.17, 15) is 9.90 Å². The zero-order valence-electron chi connectivity index (χ0n) is 9.82. The van der Waals surface area contributed by atoms with Gasteiger partial charge in [-0.1, -0.05) is 13.3 Å². The van der Waals surface area contributed by atoms with Gasteiger partial charge in [-0.25, -0.2) is 0 Å². The van der Waals surface area contributed by atoms with Crippen molar-refractivity contribution < 1.29 is 14.6 Å². The van der Waals surface area contributed by atoms with Crippen LogP contribution in [0.2, 0.25) is 0 Å². The Kier molecular flexibility index (Phi) is 3.82. The van der Waals surface area contributed by atoms with E-state index in [1.807, 2.05) is 0 Å². The molecule has 1 saturated carbocycles. The summed E-state index contributed by atoms with van der Waals surface area (Å²) in [5.41, 5.74) is 0. The van der Waals surface area contributed by atoms with Gasteiger partial charge >= 0.3 is 5.97 Å². The third-order valence-electron chi connectivity index (χ3n) is 3.69. The zero-order chi connectivity index (χ0) is 11.5. The van der Waals surface area contributed by atoms with Crippen molar-refractivity contribution in [3.05, 3.63) is 0 Å². The van der Waals surface area contributed by atoms with Crippen molar-refractivity contribution in [1.82, 2.24) is 5.32 Å². The van der Waals surface area contributed by atoms with Crippen LogP contribution < -0.4 is 5.32 Å². The molecule has 1 saturated heterocycles. The molecular weight excluding hydrogens is 206 g/mol. The first-order valence-electron chi connectivity index (χ1n) is 6.28. The van der Waals surface area contributed by atoms with Crippen LogP contribution in [0.4, 0.5) is 0 Å². The number of nitrogens with one attached hydrogen (secondary N) is 1. The molecule has 0 amide bonds. The number of β-amino-alcohol motifs (C(OH)–C–C–N with tert-alkyl or cyclic N) is 1. The molecule has 1 heterocycles. The van der Waals surface area contributed by atoms with Crippen molar-refractivity contribution in [3.8, 4) is 0 Å². The number of hydrogen-bond acceptors (Lipinski definition) is 4. The van der Waals surface area contributed by atoms with Crippen molar-refractivity contribution in [3.63, 3.8) is 0 Å². The Morgan fingerprint density at radius 2 is 2.12 bits per heavy atom. The average Bonchev–Trinajstić information content (AvgIpc) is 2.68. The number of ether oxygens (including phenoxy) is 1. The number of aliphatic hydroxyl groups is 1.